The van der Waals surface area contributed by atoms with E-state index in [9.17, 15) is 19.5 Å². The fraction of sp³-hybridized carbons (Fsp3) is 0.467. The quantitative estimate of drug-likeness (QED) is 0.620. The number of nitrogen functional groups attached to an aromatic ring is 1. The first kappa shape index (κ1) is 19.1. The first-order valence-corrected chi connectivity index (χ1v) is 7.76. The van der Waals surface area contributed by atoms with E-state index in [0.29, 0.717) is 13.0 Å². The maximum Gasteiger partial charge on any atom is 0.357 e. The third-order valence-corrected chi connectivity index (χ3v) is 3.51. The van der Waals surface area contributed by atoms with Gasteiger partial charge in [0, 0.05) is 26.3 Å². The van der Waals surface area contributed by atoms with Gasteiger partial charge in [0.15, 0.2) is 11.3 Å². The largest absolute Gasteiger partial charge is 0.476 e. The second-order valence-corrected chi connectivity index (χ2v) is 5.61. The van der Waals surface area contributed by atoms with Gasteiger partial charge < -0.3 is 24.9 Å². The molecule has 0 radical (unpaired) electrons. The summed E-state index contributed by atoms with van der Waals surface area (Å²) in [4.78, 5) is 45.0. The number of ether oxygens (including phenoxy) is 2. The van der Waals surface area contributed by atoms with Crippen molar-refractivity contribution in [2.24, 2.45) is 5.92 Å². The number of fused-ring (bicyclic) bond motifs is 1. The molecule has 0 spiro atoms. The second kappa shape index (κ2) is 8.23. The minimum absolute atomic E-state index is 0.0900. The van der Waals surface area contributed by atoms with Gasteiger partial charge >= 0.3 is 17.9 Å². The number of carbonyl (C=O) groups excluding carboxylic acids is 2. The lowest BCUT2D eigenvalue weighted by atomic mass is 10.1. The van der Waals surface area contributed by atoms with Crippen molar-refractivity contribution >= 4 is 35.0 Å². The number of rotatable bonds is 8. The van der Waals surface area contributed by atoms with E-state index in [4.69, 9.17) is 15.2 Å². The number of anilines is 1. The van der Waals surface area contributed by atoms with Crippen LogP contribution < -0.4 is 5.73 Å². The van der Waals surface area contributed by atoms with Gasteiger partial charge in [0.05, 0.1) is 19.5 Å². The molecule has 11 nitrogen and oxygen atoms in total. The minimum atomic E-state index is -1.25. The minimum Gasteiger partial charge on any atom is -0.476 e. The number of carbonyl (C=O) groups is 3. The number of aromatic nitrogens is 4. The zero-order valence-electron chi connectivity index (χ0n) is 14.3. The first-order chi connectivity index (χ1) is 12.3. The van der Waals surface area contributed by atoms with Crippen molar-refractivity contribution < 1.29 is 29.0 Å². The molecule has 0 saturated heterocycles. The smallest absolute Gasteiger partial charge is 0.357 e. The van der Waals surface area contributed by atoms with Crippen LogP contribution in [0.5, 0.6) is 0 Å². The number of nitrogens with zero attached hydrogens (tertiary/aromatic N) is 4. The highest BCUT2D eigenvalue weighted by Gasteiger charge is 2.19. The number of carboxylic acid groups (broad SMARTS) is 1. The molecular weight excluding hydrogens is 346 g/mol. The molecule has 0 bridgehead atoms. The Morgan fingerprint density at radius 1 is 1.19 bits per heavy atom. The molecule has 140 valence electrons. The fourth-order valence-electron chi connectivity index (χ4n) is 2.28. The molecule has 2 aromatic heterocycles. The molecule has 0 aliphatic rings. The molecule has 26 heavy (non-hydrogen) atoms. The van der Waals surface area contributed by atoms with Crippen LogP contribution in [0, 0.1) is 5.92 Å². The molecule has 11 heteroatoms. The number of hydrogen-bond donors (Lipinski definition) is 2. The van der Waals surface area contributed by atoms with Crippen molar-refractivity contribution in [2.75, 3.05) is 18.9 Å². The number of aryl methyl sites for hydroxylation is 1. The van der Waals surface area contributed by atoms with Gasteiger partial charge in [-0.25, -0.2) is 14.8 Å². The summed E-state index contributed by atoms with van der Waals surface area (Å²) < 4.78 is 11.6. The van der Waals surface area contributed by atoms with E-state index in [1.807, 2.05) is 0 Å². The van der Waals surface area contributed by atoms with Gasteiger partial charge in [0.2, 0.25) is 5.95 Å². The van der Waals surface area contributed by atoms with Gasteiger partial charge in [-0.15, -0.1) is 0 Å². The summed E-state index contributed by atoms with van der Waals surface area (Å²) in [5, 5.41) is 9.19. The fourth-order valence-corrected chi connectivity index (χ4v) is 2.28. The van der Waals surface area contributed by atoms with E-state index in [0.717, 1.165) is 0 Å². The Labute approximate surface area is 148 Å². The highest BCUT2D eigenvalue weighted by atomic mass is 16.5. The van der Waals surface area contributed by atoms with E-state index in [1.165, 1.54) is 20.2 Å². The summed E-state index contributed by atoms with van der Waals surface area (Å²) in [6.45, 7) is 3.14. The number of carboxylic acids is 1. The average molecular weight is 365 g/mol. The van der Waals surface area contributed by atoms with E-state index in [2.05, 4.69) is 15.0 Å². The van der Waals surface area contributed by atoms with Gasteiger partial charge in [-0.1, -0.05) is 0 Å². The lowest BCUT2D eigenvalue weighted by Crippen LogP contribution is -2.21. The number of aromatic carboxylic acids is 1. The van der Waals surface area contributed by atoms with Crippen molar-refractivity contribution in [2.45, 2.75) is 26.8 Å². The van der Waals surface area contributed by atoms with Crippen molar-refractivity contribution in [3.63, 3.8) is 0 Å². The van der Waals surface area contributed by atoms with Crippen LogP contribution in [0.25, 0.3) is 11.2 Å². The predicted molar refractivity (Wildman–Crippen MR) is 88.1 cm³/mol. The monoisotopic (exact) mass is 365 g/mol. The molecule has 0 saturated carbocycles. The maximum absolute atomic E-state index is 11.2. The number of hydrogen-bond acceptors (Lipinski definition) is 9. The summed E-state index contributed by atoms with van der Waals surface area (Å²) >= 11 is 0. The number of imidazole rings is 1. The van der Waals surface area contributed by atoms with Gasteiger partial charge in [-0.05, 0) is 6.42 Å². The van der Waals surface area contributed by atoms with Crippen molar-refractivity contribution in [3.05, 3.63) is 12.0 Å². The van der Waals surface area contributed by atoms with Gasteiger partial charge in [0.1, 0.15) is 5.52 Å². The predicted octanol–water partition coefficient (Wildman–Crippen LogP) is 0.239. The summed E-state index contributed by atoms with van der Waals surface area (Å²) in [5.41, 5.74) is 5.71. The standard InChI is InChI=1S/C15H19N5O6/c1-8(21)25-5-10(6-26-9(2)22)3-4-20-7-17-11-12(14(23)24)18-15(16)19-13(11)20/h7,10H,3-6H2,1-2H3,(H,23,24)(H2,16,18,19). The second-order valence-electron chi connectivity index (χ2n) is 5.61. The molecule has 0 aliphatic carbocycles. The van der Waals surface area contributed by atoms with E-state index < -0.39 is 17.9 Å². The Balaban J connectivity index is 2.16. The van der Waals surface area contributed by atoms with Crippen LogP contribution in [0.15, 0.2) is 6.33 Å². The van der Waals surface area contributed by atoms with Crippen molar-refractivity contribution in [1.29, 1.82) is 0 Å². The zero-order valence-corrected chi connectivity index (χ0v) is 14.3. The Morgan fingerprint density at radius 3 is 2.35 bits per heavy atom. The Kier molecular flexibility index (Phi) is 6.04. The molecule has 0 unspecified atom stereocenters. The highest BCUT2D eigenvalue weighted by molar-refractivity contribution is 5.98. The summed E-state index contributed by atoms with van der Waals surface area (Å²) in [6, 6.07) is 0. The van der Waals surface area contributed by atoms with Crippen LogP contribution in [0.4, 0.5) is 5.95 Å². The van der Waals surface area contributed by atoms with Crippen LogP contribution in [-0.2, 0) is 25.6 Å². The molecule has 0 fully saturated rings. The van der Waals surface area contributed by atoms with Crippen LogP contribution in [0.1, 0.15) is 30.8 Å². The first-order valence-electron chi connectivity index (χ1n) is 7.76. The molecule has 3 N–H and O–H groups in total. The summed E-state index contributed by atoms with van der Waals surface area (Å²) in [5.74, 6) is -2.53. The topological polar surface area (TPSA) is 160 Å². The Morgan fingerprint density at radius 2 is 1.81 bits per heavy atom. The Hall–Kier alpha value is -3.24. The zero-order chi connectivity index (χ0) is 19.3. The SMILES string of the molecule is CC(=O)OCC(CCn1cnc2c(C(=O)O)nc(N)nc21)COC(C)=O. The van der Waals surface area contributed by atoms with Crippen LogP contribution in [0.3, 0.4) is 0 Å². The third-order valence-electron chi connectivity index (χ3n) is 3.51. The molecular formula is C15H19N5O6. The van der Waals surface area contributed by atoms with Crippen LogP contribution in [0.2, 0.25) is 0 Å². The normalized spacial score (nSPS) is 10.9. The molecule has 0 aromatic carbocycles. The third kappa shape index (κ3) is 4.88. The molecule has 2 aromatic rings. The number of esters is 2. The van der Waals surface area contributed by atoms with Crippen molar-refractivity contribution in [1.82, 2.24) is 19.5 Å². The Bertz CT molecular complexity index is 815. The molecule has 0 amide bonds. The summed E-state index contributed by atoms with van der Waals surface area (Å²) in [6.07, 6.45) is 1.90. The lowest BCUT2D eigenvalue weighted by Gasteiger charge is -2.16. The highest BCUT2D eigenvalue weighted by Crippen LogP contribution is 2.17. The van der Waals surface area contributed by atoms with E-state index >= 15 is 0 Å². The van der Waals surface area contributed by atoms with Gasteiger partial charge in [0.25, 0.3) is 0 Å². The molecule has 2 heterocycles. The maximum atomic E-state index is 11.2. The summed E-state index contributed by atoms with van der Waals surface area (Å²) in [7, 11) is 0. The van der Waals surface area contributed by atoms with Crippen molar-refractivity contribution in [3.8, 4) is 0 Å². The van der Waals surface area contributed by atoms with Gasteiger partial charge in [-0.2, -0.15) is 4.98 Å². The average Bonchev–Trinajstić information content (AvgIpc) is 2.95. The van der Waals surface area contributed by atoms with E-state index in [-0.39, 0.29) is 41.9 Å². The van der Waals surface area contributed by atoms with Gasteiger partial charge in [-0.3, -0.25) is 9.59 Å². The van der Waals surface area contributed by atoms with E-state index in [1.54, 1.807) is 4.57 Å². The van der Waals surface area contributed by atoms with Crippen LogP contribution in [-0.4, -0.2) is 55.7 Å². The van der Waals surface area contributed by atoms with Crippen LogP contribution >= 0.6 is 0 Å². The number of nitrogens with two attached hydrogens (primary N) is 1. The molecule has 0 atom stereocenters. The molecule has 0 aliphatic heterocycles. The lowest BCUT2D eigenvalue weighted by molar-refractivity contribution is -0.146. The molecule has 2 rings (SSSR count).